The fraction of sp³-hybridized carbons (Fsp3) is 0.438. The van der Waals surface area contributed by atoms with Gasteiger partial charge in [0, 0.05) is 12.6 Å². The summed E-state index contributed by atoms with van der Waals surface area (Å²) in [6.07, 6.45) is 2.22. The molecule has 5 nitrogen and oxygen atoms in total. The first-order chi connectivity index (χ1) is 10.4. The number of aryl methyl sites for hydroxylation is 2. The lowest BCUT2D eigenvalue weighted by molar-refractivity contribution is 0.0929. The predicted molar refractivity (Wildman–Crippen MR) is 81.8 cm³/mol. The van der Waals surface area contributed by atoms with E-state index in [1.807, 2.05) is 0 Å². The van der Waals surface area contributed by atoms with Gasteiger partial charge in [0.25, 0.3) is 5.91 Å². The fourth-order valence-electron chi connectivity index (χ4n) is 2.35. The fourth-order valence-corrected chi connectivity index (χ4v) is 2.35. The van der Waals surface area contributed by atoms with Crippen molar-refractivity contribution < 1.29 is 9.18 Å². The van der Waals surface area contributed by atoms with E-state index in [0.29, 0.717) is 22.9 Å². The van der Waals surface area contributed by atoms with E-state index in [9.17, 15) is 9.18 Å². The van der Waals surface area contributed by atoms with Gasteiger partial charge in [-0.15, -0.1) is 0 Å². The molecule has 0 spiro atoms. The second-order valence-corrected chi connectivity index (χ2v) is 5.86. The van der Waals surface area contributed by atoms with Crippen LogP contribution in [0, 0.1) is 18.7 Å². The molecule has 0 aliphatic carbocycles. The number of nitrogens with one attached hydrogen (secondary N) is 1. The van der Waals surface area contributed by atoms with Crippen LogP contribution in [0.3, 0.4) is 0 Å². The predicted octanol–water partition coefficient (Wildman–Crippen LogP) is 2.78. The van der Waals surface area contributed by atoms with Gasteiger partial charge < -0.3 is 5.32 Å². The Kier molecular flexibility index (Phi) is 4.90. The molecular weight excluding hydrogens is 283 g/mol. The highest BCUT2D eigenvalue weighted by Crippen LogP contribution is 2.20. The van der Waals surface area contributed by atoms with Crippen LogP contribution in [0.1, 0.15) is 48.1 Å². The average molecular weight is 304 g/mol. The molecule has 0 bridgehead atoms. The molecule has 1 aromatic carbocycles. The van der Waals surface area contributed by atoms with E-state index >= 15 is 0 Å². The first-order valence-corrected chi connectivity index (χ1v) is 7.29. The molecule has 22 heavy (non-hydrogen) atoms. The SMILES string of the molecule is Cc1cc(C(=O)NC(CC(C)C)c2ncnn2C)ccc1F. The van der Waals surface area contributed by atoms with Gasteiger partial charge in [-0.2, -0.15) is 5.10 Å². The van der Waals surface area contributed by atoms with Gasteiger partial charge in [0.05, 0.1) is 6.04 Å². The molecule has 0 saturated heterocycles. The molecule has 0 aliphatic rings. The molecule has 1 unspecified atom stereocenters. The Morgan fingerprint density at radius 2 is 2.14 bits per heavy atom. The first kappa shape index (κ1) is 16.1. The molecule has 1 amide bonds. The molecule has 2 aromatic rings. The molecule has 6 heteroatoms. The number of aromatic nitrogens is 3. The smallest absolute Gasteiger partial charge is 0.251 e. The Hall–Kier alpha value is -2.24. The van der Waals surface area contributed by atoms with Crippen LogP contribution in [-0.4, -0.2) is 20.7 Å². The third-order valence-electron chi connectivity index (χ3n) is 3.49. The lowest BCUT2D eigenvalue weighted by Crippen LogP contribution is -2.31. The molecule has 1 N–H and O–H groups in total. The quantitative estimate of drug-likeness (QED) is 0.924. The van der Waals surface area contributed by atoms with E-state index in [2.05, 4.69) is 29.2 Å². The summed E-state index contributed by atoms with van der Waals surface area (Å²) >= 11 is 0. The highest BCUT2D eigenvalue weighted by atomic mass is 19.1. The van der Waals surface area contributed by atoms with Crippen molar-refractivity contribution in [2.45, 2.75) is 33.2 Å². The second kappa shape index (κ2) is 6.68. The van der Waals surface area contributed by atoms with Crippen molar-refractivity contribution >= 4 is 5.91 Å². The van der Waals surface area contributed by atoms with Crippen molar-refractivity contribution in [3.63, 3.8) is 0 Å². The molecule has 0 saturated carbocycles. The average Bonchev–Trinajstić information content (AvgIpc) is 2.86. The Morgan fingerprint density at radius 1 is 1.41 bits per heavy atom. The number of halogens is 1. The van der Waals surface area contributed by atoms with Crippen molar-refractivity contribution in [2.24, 2.45) is 13.0 Å². The number of hydrogen-bond donors (Lipinski definition) is 1. The highest BCUT2D eigenvalue weighted by Gasteiger charge is 2.21. The summed E-state index contributed by atoms with van der Waals surface area (Å²) in [6.45, 7) is 5.80. The molecule has 2 rings (SSSR count). The molecular formula is C16H21FN4O. The van der Waals surface area contributed by atoms with Crippen LogP contribution in [0.2, 0.25) is 0 Å². The van der Waals surface area contributed by atoms with E-state index in [0.717, 1.165) is 6.42 Å². The summed E-state index contributed by atoms with van der Waals surface area (Å²) in [7, 11) is 1.80. The third kappa shape index (κ3) is 3.69. The third-order valence-corrected chi connectivity index (χ3v) is 3.49. The molecule has 1 aromatic heterocycles. The lowest BCUT2D eigenvalue weighted by atomic mass is 10.0. The van der Waals surface area contributed by atoms with Gasteiger partial charge in [0.15, 0.2) is 0 Å². The van der Waals surface area contributed by atoms with Gasteiger partial charge in [-0.3, -0.25) is 9.48 Å². The van der Waals surface area contributed by atoms with Gasteiger partial charge in [-0.1, -0.05) is 13.8 Å². The summed E-state index contributed by atoms with van der Waals surface area (Å²) in [5.41, 5.74) is 0.890. The Bertz CT molecular complexity index is 666. The Labute approximate surface area is 129 Å². The molecule has 1 heterocycles. The highest BCUT2D eigenvalue weighted by molar-refractivity contribution is 5.94. The number of hydrogen-bond acceptors (Lipinski definition) is 3. The van der Waals surface area contributed by atoms with E-state index in [1.54, 1.807) is 24.7 Å². The lowest BCUT2D eigenvalue weighted by Gasteiger charge is -2.20. The van der Waals surface area contributed by atoms with Gasteiger partial charge >= 0.3 is 0 Å². The second-order valence-electron chi connectivity index (χ2n) is 5.86. The van der Waals surface area contributed by atoms with Crippen LogP contribution in [0.5, 0.6) is 0 Å². The van der Waals surface area contributed by atoms with Crippen molar-refractivity contribution in [3.05, 3.63) is 47.3 Å². The normalized spacial score (nSPS) is 12.5. The van der Waals surface area contributed by atoms with Crippen molar-refractivity contribution in [1.29, 1.82) is 0 Å². The van der Waals surface area contributed by atoms with Crippen LogP contribution < -0.4 is 5.32 Å². The zero-order chi connectivity index (χ0) is 16.3. The van der Waals surface area contributed by atoms with Crippen LogP contribution in [0.25, 0.3) is 0 Å². The van der Waals surface area contributed by atoms with E-state index < -0.39 is 0 Å². The Balaban J connectivity index is 2.21. The standard InChI is InChI=1S/C16H21FN4O/c1-10(2)7-14(15-18-9-19-21(15)4)20-16(22)12-5-6-13(17)11(3)8-12/h5-6,8-10,14H,7H2,1-4H3,(H,20,22). The number of rotatable bonds is 5. The summed E-state index contributed by atoms with van der Waals surface area (Å²) < 4.78 is 15.0. The minimum absolute atomic E-state index is 0.231. The number of nitrogens with zero attached hydrogens (tertiary/aromatic N) is 3. The zero-order valence-corrected chi connectivity index (χ0v) is 13.3. The van der Waals surface area contributed by atoms with Crippen LogP contribution >= 0.6 is 0 Å². The largest absolute Gasteiger partial charge is 0.342 e. The minimum atomic E-state index is -0.316. The zero-order valence-electron chi connectivity index (χ0n) is 13.3. The van der Waals surface area contributed by atoms with E-state index in [-0.39, 0.29) is 17.8 Å². The van der Waals surface area contributed by atoms with E-state index in [4.69, 9.17) is 0 Å². The summed E-state index contributed by atoms with van der Waals surface area (Å²) in [6, 6.07) is 4.11. The Morgan fingerprint density at radius 3 is 2.68 bits per heavy atom. The summed E-state index contributed by atoms with van der Waals surface area (Å²) in [5.74, 6) is 0.540. The monoisotopic (exact) mass is 304 g/mol. The molecule has 0 aliphatic heterocycles. The van der Waals surface area contributed by atoms with Crippen molar-refractivity contribution in [2.75, 3.05) is 0 Å². The molecule has 0 radical (unpaired) electrons. The minimum Gasteiger partial charge on any atom is -0.342 e. The number of carbonyl (C=O) groups excluding carboxylic acids is 1. The molecule has 118 valence electrons. The first-order valence-electron chi connectivity index (χ1n) is 7.29. The molecule has 1 atom stereocenters. The maximum atomic E-state index is 13.3. The number of carbonyl (C=O) groups is 1. The number of amides is 1. The number of benzene rings is 1. The van der Waals surface area contributed by atoms with E-state index in [1.165, 1.54) is 18.5 Å². The van der Waals surface area contributed by atoms with Crippen LogP contribution in [0.4, 0.5) is 4.39 Å². The van der Waals surface area contributed by atoms with Crippen molar-refractivity contribution in [3.8, 4) is 0 Å². The van der Waals surface area contributed by atoms with Crippen LogP contribution in [-0.2, 0) is 7.05 Å². The summed E-state index contributed by atoms with van der Waals surface area (Å²) in [4.78, 5) is 16.6. The van der Waals surface area contributed by atoms with Gasteiger partial charge in [0.2, 0.25) is 0 Å². The molecule has 0 fully saturated rings. The topological polar surface area (TPSA) is 59.8 Å². The van der Waals surface area contributed by atoms with Crippen molar-refractivity contribution in [1.82, 2.24) is 20.1 Å². The maximum Gasteiger partial charge on any atom is 0.251 e. The van der Waals surface area contributed by atoms with Gasteiger partial charge in [-0.05, 0) is 43.0 Å². The van der Waals surface area contributed by atoms with Gasteiger partial charge in [-0.25, -0.2) is 9.37 Å². The van der Waals surface area contributed by atoms with Crippen LogP contribution in [0.15, 0.2) is 24.5 Å². The summed E-state index contributed by atoms with van der Waals surface area (Å²) in [5, 5.41) is 7.03. The maximum absolute atomic E-state index is 13.3. The van der Waals surface area contributed by atoms with Gasteiger partial charge in [0.1, 0.15) is 18.0 Å².